The van der Waals surface area contributed by atoms with Gasteiger partial charge >= 0.3 is 42.0 Å². The summed E-state index contributed by atoms with van der Waals surface area (Å²) < 4.78 is 157. The van der Waals surface area contributed by atoms with Gasteiger partial charge in [0.2, 0.25) is 0 Å². The molecule has 1 atom stereocenters. The minimum Gasteiger partial charge on any atom is -0.458 e. The zero-order chi connectivity index (χ0) is 21.4. The monoisotopic (exact) mass is 436 g/mol. The number of rotatable bonds is 9. The highest BCUT2D eigenvalue weighted by Gasteiger charge is 2.87. The normalized spacial score (nSPS) is 16.0. The molecule has 156 valence electrons. The number of hydrogen-bond acceptors (Lipinski definition) is 2. The minimum absolute atomic E-state index is 0.294. The van der Waals surface area contributed by atoms with Crippen molar-refractivity contribution in [3.05, 3.63) is 0 Å². The van der Waals surface area contributed by atoms with Crippen LogP contribution in [0.5, 0.6) is 0 Å². The Bertz CT molecular complexity index is 507. The molecule has 0 radical (unpaired) electrons. The van der Waals surface area contributed by atoms with E-state index in [2.05, 4.69) is 4.74 Å². The molecule has 0 heterocycles. The number of carbonyl (C=O) groups is 1. The van der Waals surface area contributed by atoms with Gasteiger partial charge in [-0.05, 0) is 6.42 Å². The predicted molar refractivity (Wildman–Crippen MR) is 61.6 cm³/mol. The molecular formula is C11H9ClF12O2. The maximum atomic E-state index is 13.2. The number of ether oxygens (including phenoxy) is 1. The van der Waals surface area contributed by atoms with Crippen LogP contribution in [0.3, 0.4) is 0 Å². The van der Waals surface area contributed by atoms with Gasteiger partial charge in [0.15, 0.2) is 6.61 Å². The highest BCUT2D eigenvalue weighted by Crippen LogP contribution is 2.58. The Labute approximate surface area is 142 Å². The molecule has 0 N–H and O–H groups in total. The third-order valence-electron chi connectivity index (χ3n) is 2.95. The van der Waals surface area contributed by atoms with Gasteiger partial charge in [-0.2, -0.15) is 43.9 Å². The molecule has 0 saturated heterocycles. The van der Waals surface area contributed by atoms with Gasteiger partial charge in [0.25, 0.3) is 0 Å². The fourth-order valence-electron chi connectivity index (χ4n) is 1.28. The number of esters is 1. The van der Waals surface area contributed by atoms with Gasteiger partial charge in [0.05, 0.1) is 0 Å². The maximum Gasteiger partial charge on any atom is 0.384 e. The van der Waals surface area contributed by atoms with Crippen LogP contribution < -0.4 is 0 Å². The third kappa shape index (κ3) is 3.93. The Kier molecular flexibility index (Phi) is 7.19. The molecule has 0 saturated carbocycles. The quantitative estimate of drug-likeness (QED) is 0.289. The summed E-state index contributed by atoms with van der Waals surface area (Å²) in [6.07, 6.45) is -5.87. The summed E-state index contributed by atoms with van der Waals surface area (Å²) >= 11 is 5.16. The fraction of sp³-hybridized carbons (Fsp3) is 0.909. The molecule has 0 aliphatic rings. The molecule has 0 bridgehead atoms. The van der Waals surface area contributed by atoms with Crippen LogP contribution in [-0.2, 0) is 9.53 Å². The van der Waals surface area contributed by atoms with E-state index in [1.165, 1.54) is 6.92 Å². The molecule has 26 heavy (non-hydrogen) atoms. The average molecular weight is 437 g/mol. The molecular weight excluding hydrogens is 428 g/mol. The number of carbonyl (C=O) groups excluding carboxylic acids is 1. The molecule has 1 unspecified atom stereocenters. The Hall–Kier alpha value is -1.08. The van der Waals surface area contributed by atoms with Gasteiger partial charge in [0.1, 0.15) is 5.38 Å². The minimum atomic E-state index is -7.65. The molecule has 0 amide bonds. The second-order valence-electron chi connectivity index (χ2n) is 4.83. The molecule has 0 aromatic heterocycles. The predicted octanol–water partition coefficient (Wildman–Crippen LogP) is 4.99. The van der Waals surface area contributed by atoms with E-state index in [1.54, 1.807) is 0 Å². The largest absolute Gasteiger partial charge is 0.458 e. The van der Waals surface area contributed by atoms with Crippen molar-refractivity contribution in [3.8, 4) is 0 Å². The molecule has 0 rings (SSSR count). The summed E-state index contributed by atoms with van der Waals surface area (Å²) in [6, 6.07) is 0. The van der Waals surface area contributed by atoms with Crippen molar-refractivity contribution in [2.24, 2.45) is 0 Å². The van der Waals surface area contributed by atoms with Gasteiger partial charge in [-0.1, -0.05) is 6.92 Å². The zero-order valence-electron chi connectivity index (χ0n) is 12.3. The molecule has 0 aliphatic carbocycles. The first-order chi connectivity index (χ1) is 11.3. The van der Waals surface area contributed by atoms with Crippen LogP contribution in [0, 0.1) is 0 Å². The van der Waals surface area contributed by atoms with Crippen LogP contribution >= 0.6 is 11.6 Å². The summed E-state index contributed by atoms with van der Waals surface area (Å²) in [4.78, 5) is 11.0. The van der Waals surface area contributed by atoms with Crippen molar-refractivity contribution in [3.63, 3.8) is 0 Å². The first-order valence-corrected chi connectivity index (χ1v) is 6.72. The topological polar surface area (TPSA) is 26.3 Å². The van der Waals surface area contributed by atoms with E-state index < -0.39 is 54.0 Å². The van der Waals surface area contributed by atoms with Crippen LogP contribution in [-0.4, -0.2) is 54.0 Å². The molecule has 0 aliphatic heterocycles. The van der Waals surface area contributed by atoms with Gasteiger partial charge in [-0.25, -0.2) is 8.78 Å². The van der Waals surface area contributed by atoms with Crippen LogP contribution in [0.15, 0.2) is 0 Å². The first kappa shape index (κ1) is 24.9. The van der Waals surface area contributed by atoms with Gasteiger partial charge < -0.3 is 4.74 Å². The number of alkyl halides is 13. The lowest BCUT2D eigenvalue weighted by Gasteiger charge is -2.38. The Morgan fingerprint density at radius 2 is 1.31 bits per heavy atom. The van der Waals surface area contributed by atoms with Crippen molar-refractivity contribution in [2.75, 3.05) is 6.61 Å². The van der Waals surface area contributed by atoms with E-state index in [4.69, 9.17) is 11.6 Å². The average Bonchev–Trinajstić information content (AvgIpc) is 2.50. The van der Waals surface area contributed by atoms with Crippen LogP contribution in [0.4, 0.5) is 52.7 Å². The fourth-order valence-corrected chi connectivity index (χ4v) is 1.35. The molecule has 0 aromatic rings. The number of hydrogen-bond donors (Lipinski definition) is 0. The van der Waals surface area contributed by atoms with Gasteiger partial charge in [0, 0.05) is 0 Å². The molecule has 0 aromatic carbocycles. The van der Waals surface area contributed by atoms with Crippen molar-refractivity contribution < 1.29 is 62.2 Å². The lowest BCUT2D eigenvalue weighted by molar-refractivity contribution is -0.414. The Morgan fingerprint density at radius 3 is 1.65 bits per heavy atom. The SMILES string of the molecule is CCC(Cl)C(=O)OCC(F)(F)C(F)(F)C(F)(F)C(F)(F)C(F)(F)C(F)F. The molecule has 2 nitrogen and oxygen atoms in total. The first-order valence-electron chi connectivity index (χ1n) is 6.29. The molecule has 15 heteroatoms. The van der Waals surface area contributed by atoms with Crippen LogP contribution in [0.25, 0.3) is 0 Å². The Balaban J connectivity index is 5.77. The van der Waals surface area contributed by atoms with Crippen LogP contribution in [0.1, 0.15) is 13.3 Å². The van der Waals surface area contributed by atoms with E-state index in [-0.39, 0.29) is 6.42 Å². The van der Waals surface area contributed by atoms with Gasteiger partial charge in [-0.15, -0.1) is 11.6 Å². The van der Waals surface area contributed by atoms with Crippen molar-refractivity contribution in [2.45, 2.75) is 54.8 Å². The van der Waals surface area contributed by atoms with Crippen molar-refractivity contribution >= 4 is 17.6 Å². The van der Waals surface area contributed by atoms with E-state index in [1.807, 2.05) is 0 Å². The van der Waals surface area contributed by atoms with Crippen molar-refractivity contribution in [1.29, 1.82) is 0 Å². The second-order valence-corrected chi connectivity index (χ2v) is 5.36. The molecule has 0 fully saturated rings. The van der Waals surface area contributed by atoms with Crippen molar-refractivity contribution in [1.82, 2.24) is 0 Å². The van der Waals surface area contributed by atoms with Crippen LogP contribution in [0.2, 0.25) is 0 Å². The Morgan fingerprint density at radius 1 is 0.885 bits per heavy atom. The summed E-state index contributed by atoms with van der Waals surface area (Å²) in [5.41, 5.74) is 0. The summed E-state index contributed by atoms with van der Waals surface area (Å²) in [6.45, 7) is -1.76. The summed E-state index contributed by atoms with van der Waals surface area (Å²) in [7, 11) is 0. The van der Waals surface area contributed by atoms with E-state index in [0.29, 0.717) is 0 Å². The summed E-state index contributed by atoms with van der Waals surface area (Å²) in [5, 5.41) is -1.69. The lowest BCUT2D eigenvalue weighted by atomic mass is 9.94. The third-order valence-corrected chi connectivity index (χ3v) is 3.44. The summed E-state index contributed by atoms with van der Waals surface area (Å²) in [5.74, 6) is -37.8. The van der Waals surface area contributed by atoms with E-state index >= 15 is 0 Å². The standard InChI is InChI=1S/C11H9ClF12O2/c1-2-4(12)5(25)26-3-7(15,16)9(19,20)11(23,24)10(21,22)8(17,18)6(13)14/h4,6H,2-3H2,1H3. The van der Waals surface area contributed by atoms with E-state index in [9.17, 15) is 57.5 Å². The smallest absolute Gasteiger partial charge is 0.384 e. The zero-order valence-corrected chi connectivity index (χ0v) is 13.1. The highest BCUT2D eigenvalue weighted by molar-refractivity contribution is 6.29. The number of halogens is 13. The van der Waals surface area contributed by atoms with E-state index in [0.717, 1.165) is 0 Å². The highest BCUT2D eigenvalue weighted by atomic mass is 35.5. The molecule has 0 spiro atoms. The van der Waals surface area contributed by atoms with Gasteiger partial charge in [-0.3, -0.25) is 4.79 Å². The second kappa shape index (κ2) is 7.50. The maximum absolute atomic E-state index is 13.2. The lowest BCUT2D eigenvalue weighted by Crippen LogP contribution is -2.69.